The van der Waals surface area contributed by atoms with E-state index in [9.17, 15) is 4.79 Å². The molecule has 0 spiro atoms. The van der Waals surface area contributed by atoms with Gasteiger partial charge in [0.15, 0.2) is 0 Å². The molecule has 1 aliphatic heterocycles. The average molecular weight is 314 g/mol. The number of amides is 1. The summed E-state index contributed by atoms with van der Waals surface area (Å²) in [5.74, 6) is -0.0608. The molecule has 0 atom stereocenters. The number of likely N-dealkylation sites (N-methyl/N-ethyl adjacent to an activating group) is 1. The van der Waals surface area contributed by atoms with E-state index in [1.165, 1.54) is 0 Å². The summed E-state index contributed by atoms with van der Waals surface area (Å²) in [5.41, 5.74) is 3.91. The molecule has 0 bridgehead atoms. The van der Waals surface area contributed by atoms with Gasteiger partial charge in [-0.3, -0.25) is 9.79 Å². The van der Waals surface area contributed by atoms with E-state index in [2.05, 4.69) is 4.99 Å². The monoisotopic (exact) mass is 313 g/mol. The van der Waals surface area contributed by atoms with Crippen molar-refractivity contribution in [3.8, 4) is 0 Å². The Morgan fingerprint density at radius 2 is 2.00 bits per heavy atom. The summed E-state index contributed by atoms with van der Waals surface area (Å²) in [6, 6.07) is 11.4. The van der Waals surface area contributed by atoms with Gasteiger partial charge in [0, 0.05) is 18.3 Å². The summed E-state index contributed by atoms with van der Waals surface area (Å²) in [6.07, 6.45) is 0.820. The van der Waals surface area contributed by atoms with E-state index in [1.54, 1.807) is 11.9 Å². The van der Waals surface area contributed by atoms with Gasteiger partial charge in [-0.15, -0.1) is 0 Å². The number of benzene rings is 1. The van der Waals surface area contributed by atoms with E-state index in [0.717, 1.165) is 23.4 Å². The number of aryl methyl sites for hydroxylation is 1. The topological polar surface area (TPSA) is 45.6 Å². The van der Waals surface area contributed by atoms with E-state index in [-0.39, 0.29) is 12.5 Å². The molecular weight excluding hydrogens is 298 g/mol. The summed E-state index contributed by atoms with van der Waals surface area (Å²) >= 11 is 6.32. The Hall–Kier alpha value is -2.20. The first-order valence-corrected chi connectivity index (χ1v) is 7.55. The highest BCUT2D eigenvalue weighted by Crippen LogP contribution is 2.27. The average Bonchev–Trinajstić information content (AvgIpc) is 2.66. The number of hydrogen-bond acceptors (Lipinski definition) is 3. The number of nitrogens with zero attached hydrogens (tertiary/aromatic N) is 3. The van der Waals surface area contributed by atoms with Gasteiger partial charge < -0.3 is 4.90 Å². The van der Waals surface area contributed by atoms with Crippen molar-refractivity contribution in [1.82, 2.24) is 4.98 Å². The van der Waals surface area contributed by atoms with Gasteiger partial charge in [0.25, 0.3) is 0 Å². The fourth-order valence-electron chi connectivity index (χ4n) is 2.46. The molecular formula is C17H16ClN3O. The summed E-state index contributed by atoms with van der Waals surface area (Å²) in [6.45, 7) is 2.14. The first-order valence-electron chi connectivity index (χ1n) is 7.18. The zero-order valence-electron chi connectivity index (χ0n) is 12.5. The molecule has 1 amide bonds. The third kappa shape index (κ3) is 2.50. The maximum atomic E-state index is 12.2. The number of pyridine rings is 1. The van der Waals surface area contributed by atoms with Crippen molar-refractivity contribution in [2.45, 2.75) is 13.3 Å². The van der Waals surface area contributed by atoms with E-state index in [4.69, 9.17) is 16.6 Å². The normalized spacial score (nSPS) is 14.4. The molecule has 4 nitrogen and oxygen atoms in total. The zero-order valence-corrected chi connectivity index (χ0v) is 13.3. The van der Waals surface area contributed by atoms with E-state index >= 15 is 0 Å². The van der Waals surface area contributed by atoms with Crippen LogP contribution in [0.4, 0.5) is 5.69 Å². The van der Waals surface area contributed by atoms with Crippen LogP contribution in [-0.2, 0) is 11.2 Å². The first-order chi connectivity index (χ1) is 10.6. The van der Waals surface area contributed by atoms with Gasteiger partial charge in [0.1, 0.15) is 12.2 Å². The fourth-order valence-corrected chi connectivity index (χ4v) is 2.69. The van der Waals surface area contributed by atoms with Crippen LogP contribution < -0.4 is 4.90 Å². The molecule has 1 aromatic heterocycles. The summed E-state index contributed by atoms with van der Waals surface area (Å²) < 4.78 is 0. The second kappa shape index (κ2) is 5.89. The SMILES string of the molecule is CCc1ccc2c(n1)C(c1ccccc1Cl)=NCC(=O)N2C. The number of carbonyl (C=O) groups is 1. The van der Waals surface area contributed by atoms with E-state index < -0.39 is 0 Å². The lowest BCUT2D eigenvalue weighted by molar-refractivity contribution is -0.116. The van der Waals surface area contributed by atoms with Crippen LogP contribution in [0, 0.1) is 0 Å². The van der Waals surface area contributed by atoms with Crippen molar-refractivity contribution < 1.29 is 4.79 Å². The number of aliphatic imine (C=N–C) groups is 1. The number of halogens is 1. The molecule has 0 N–H and O–H groups in total. The lowest BCUT2D eigenvalue weighted by Crippen LogP contribution is -2.28. The second-order valence-corrected chi connectivity index (χ2v) is 5.53. The van der Waals surface area contributed by atoms with Crippen LogP contribution in [-0.4, -0.2) is 30.2 Å². The number of hydrogen-bond donors (Lipinski definition) is 0. The molecule has 0 radical (unpaired) electrons. The van der Waals surface area contributed by atoms with Crippen molar-refractivity contribution in [2.24, 2.45) is 4.99 Å². The third-order valence-corrected chi connectivity index (χ3v) is 4.08. The Morgan fingerprint density at radius 3 is 2.73 bits per heavy atom. The fraction of sp³-hybridized carbons (Fsp3) is 0.235. The van der Waals surface area contributed by atoms with Gasteiger partial charge in [-0.1, -0.05) is 36.7 Å². The highest BCUT2D eigenvalue weighted by Gasteiger charge is 2.24. The number of rotatable bonds is 2. The minimum absolute atomic E-state index is 0.0608. The molecule has 0 saturated heterocycles. The van der Waals surface area contributed by atoms with E-state index in [0.29, 0.717) is 16.4 Å². The quantitative estimate of drug-likeness (QED) is 0.855. The van der Waals surface area contributed by atoms with Crippen LogP contribution in [0.3, 0.4) is 0 Å². The van der Waals surface area contributed by atoms with Crippen molar-refractivity contribution in [2.75, 3.05) is 18.5 Å². The predicted octanol–water partition coefficient (Wildman–Crippen LogP) is 3.11. The molecule has 5 heteroatoms. The Bertz CT molecular complexity index is 770. The third-order valence-electron chi connectivity index (χ3n) is 3.76. The lowest BCUT2D eigenvalue weighted by atomic mass is 10.0. The van der Waals surface area contributed by atoms with Crippen LogP contribution in [0.25, 0.3) is 0 Å². The number of aromatic nitrogens is 1. The van der Waals surface area contributed by atoms with Crippen molar-refractivity contribution >= 4 is 28.9 Å². The van der Waals surface area contributed by atoms with Crippen molar-refractivity contribution in [3.05, 3.63) is 58.4 Å². The minimum Gasteiger partial charge on any atom is -0.312 e. The van der Waals surface area contributed by atoms with Crippen LogP contribution in [0.2, 0.25) is 5.02 Å². The summed E-state index contributed by atoms with van der Waals surface area (Å²) in [7, 11) is 1.75. The van der Waals surface area contributed by atoms with Crippen LogP contribution in [0.1, 0.15) is 23.9 Å². The predicted molar refractivity (Wildman–Crippen MR) is 89.0 cm³/mol. The largest absolute Gasteiger partial charge is 0.312 e. The molecule has 112 valence electrons. The molecule has 0 fully saturated rings. The molecule has 2 heterocycles. The molecule has 3 rings (SSSR count). The maximum absolute atomic E-state index is 12.2. The molecule has 1 aromatic carbocycles. The molecule has 0 saturated carbocycles. The Morgan fingerprint density at radius 1 is 1.23 bits per heavy atom. The van der Waals surface area contributed by atoms with Gasteiger partial charge in [-0.05, 0) is 24.6 Å². The highest BCUT2D eigenvalue weighted by molar-refractivity contribution is 6.36. The van der Waals surface area contributed by atoms with Gasteiger partial charge >= 0.3 is 0 Å². The number of fused-ring (bicyclic) bond motifs is 1. The van der Waals surface area contributed by atoms with Gasteiger partial charge in [0.2, 0.25) is 5.91 Å². The molecule has 22 heavy (non-hydrogen) atoms. The van der Waals surface area contributed by atoms with Gasteiger partial charge in [0.05, 0.1) is 16.4 Å². The van der Waals surface area contributed by atoms with Crippen LogP contribution in [0.15, 0.2) is 41.4 Å². The maximum Gasteiger partial charge on any atom is 0.248 e. The Balaban J connectivity index is 2.25. The molecule has 0 unspecified atom stereocenters. The van der Waals surface area contributed by atoms with Crippen molar-refractivity contribution in [1.29, 1.82) is 0 Å². The second-order valence-electron chi connectivity index (χ2n) is 5.12. The molecule has 1 aliphatic rings. The molecule has 2 aromatic rings. The highest BCUT2D eigenvalue weighted by atomic mass is 35.5. The summed E-state index contributed by atoms with van der Waals surface area (Å²) in [4.78, 5) is 22.9. The van der Waals surface area contributed by atoms with Gasteiger partial charge in [-0.2, -0.15) is 0 Å². The lowest BCUT2D eigenvalue weighted by Gasteiger charge is -2.18. The van der Waals surface area contributed by atoms with Crippen LogP contribution >= 0.6 is 11.6 Å². The van der Waals surface area contributed by atoms with Gasteiger partial charge in [-0.25, -0.2) is 4.98 Å². The van der Waals surface area contributed by atoms with E-state index in [1.807, 2.05) is 43.3 Å². The standard InChI is InChI=1S/C17H16ClN3O/c1-3-11-8-9-14-17(20-11)16(19-10-15(22)21(14)2)12-6-4-5-7-13(12)18/h4-9H,3,10H2,1-2H3. The smallest absolute Gasteiger partial charge is 0.248 e. The molecule has 0 aliphatic carbocycles. The minimum atomic E-state index is -0.0608. The Labute approximate surface area is 134 Å². The first kappa shape index (κ1) is 14.7. The van der Waals surface area contributed by atoms with Crippen molar-refractivity contribution in [3.63, 3.8) is 0 Å². The number of anilines is 1. The van der Waals surface area contributed by atoms with Crippen LogP contribution in [0.5, 0.6) is 0 Å². The Kier molecular flexibility index (Phi) is 3.94. The number of carbonyl (C=O) groups excluding carboxylic acids is 1. The summed E-state index contributed by atoms with van der Waals surface area (Å²) in [5, 5.41) is 0.605. The zero-order chi connectivity index (χ0) is 15.7.